The van der Waals surface area contributed by atoms with Crippen molar-refractivity contribution in [3.63, 3.8) is 0 Å². The zero-order valence-electron chi connectivity index (χ0n) is 9.78. The molecule has 0 aromatic rings. The quantitative estimate of drug-likeness (QED) is 0.835. The van der Waals surface area contributed by atoms with Gasteiger partial charge in [-0.05, 0) is 18.8 Å². The number of nitrogens with zero attached hydrogens (tertiary/aromatic N) is 1. The number of nitrogens with one attached hydrogen (secondary N) is 1. The third kappa shape index (κ3) is 4.03. The molecule has 2 N–H and O–H groups in total. The van der Waals surface area contributed by atoms with Crippen molar-refractivity contribution in [2.24, 2.45) is 5.92 Å². The van der Waals surface area contributed by atoms with Gasteiger partial charge in [-0.1, -0.05) is 29.4 Å². The standard InChI is InChI=1S/C11H17BrN2O3/c1-7-3-4-14(9(5-7)10(15)16)11(17)13-6-8(2)12/h7,9H,2-6H2,1H3,(H,13,17)(H,15,16). The summed E-state index contributed by atoms with van der Waals surface area (Å²) in [4.78, 5) is 24.3. The molecule has 0 bridgehead atoms. The molecule has 6 heteroatoms. The molecule has 0 radical (unpaired) electrons. The van der Waals surface area contributed by atoms with Crippen molar-refractivity contribution in [1.29, 1.82) is 0 Å². The predicted octanol–water partition coefficient (Wildman–Crippen LogP) is 1.79. The van der Waals surface area contributed by atoms with Gasteiger partial charge in [0.25, 0.3) is 0 Å². The van der Waals surface area contributed by atoms with Gasteiger partial charge in [-0.25, -0.2) is 9.59 Å². The highest BCUT2D eigenvalue weighted by molar-refractivity contribution is 9.11. The molecule has 1 heterocycles. The topological polar surface area (TPSA) is 69.6 Å². The van der Waals surface area contributed by atoms with Crippen LogP contribution in [0, 0.1) is 5.92 Å². The molecule has 2 unspecified atom stereocenters. The Morgan fingerprint density at radius 2 is 2.24 bits per heavy atom. The summed E-state index contributed by atoms with van der Waals surface area (Å²) in [5.74, 6) is -0.601. The van der Waals surface area contributed by atoms with Crippen LogP contribution in [0.3, 0.4) is 0 Å². The monoisotopic (exact) mass is 304 g/mol. The Bertz CT molecular complexity index is 333. The number of likely N-dealkylation sites (tertiary alicyclic amines) is 1. The van der Waals surface area contributed by atoms with Crippen molar-refractivity contribution in [1.82, 2.24) is 10.2 Å². The highest BCUT2D eigenvalue weighted by Gasteiger charge is 2.34. The van der Waals surface area contributed by atoms with Gasteiger partial charge in [0.2, 0.25) is 0 Å². The van der Waals surface area contributed by atoms with Crippen LogP contribution < -0.4 is 5.32 Å². The predicted molar refractivity (Wildman–Crippen MR) is 68.0 cm³/mol. The van der Waals surface area contributed by atoms with Gasteiger partial charge in [-0.3, -0.25) is 0 Å². The number of carboxylic acids is 1. The van der Waals surface area contributed by atoms with Gasteiger partial charge >= 0.3 is 12.0 Å². The van der Waals surface area contributed by atoms with Crippen molar-refractivity contribution >= 4 is 27.9 Å². The first kappa shape index (κ1) is 14.0. The van der Waals surface area contributed by atoms with Crippen LogP contribution in [-0.4, -0.2) is 41.1 Å². The number of hydrogen-bond donors (Lipinski definition) is 2. The van der Waals surface area contributed by atoms with Gasteiger partial charge in [0.15, 0.2) is 0 Å². The van der Waals surface area contributed by atoms with E-state index in [-0.39, 0.29) is 6.03 Å². The molecule has 0 aliphatic carbocycles. The summed E-state index contributed by atoms with van der Waals surface area (Å²) in [6, 6.07) is -1.06. The lowest BCUT2D eigenvalue weighted by Crippen LogP contribution is -2.53. The van der Waals surface area contributed by atoms with Crippen LogP contribution in [0.2, 0.25) is 0 Å². The largest absolute Gasteiger partial charge is 0.480 e. The number of amides is 2. The number of rotatable bonds is 3. The van der Waals surface area contributed by atoms with E-state index in [1.54, 1.807) is 0 Å². The molecular weight excluding hydrogens is 288 g/mol. The Morgan fingerprint density at radius 1 is 1.59 bits per heavy atom. The third-order valence-electron chi connectivity index (χ3n) is 2.84. The summed E-state index contributed by atoms with van der Waals surface area (Å²) in [5.41, 5.74) is 0. The van der Waals surface area contributed by atoms with Crippen LogP contribution in [0.25, 0.3) is 0 Å². The fourth-order valence-corrected chi connectivity index (χ4v) is 2.03. The third-order valence-corrected chi connectivity index (χ3v) is 3.12. The van der Waals surface area contributed by atoms with Crippen molar-refractivity contribution in [2.45, 2.75) is 25.8 Å². The second-order valence-corrected chi connectivity index (χ2v) is 5.47. The van der Waals surface area contributed by atoms with E-state index in [4.69, 9.17) is 5.11 Å². The van der Waals surface area contributed by atoms with Crippen molar-refractivity contribution in [3.05, 3.63) is 11.1 Å². The molecule has 1 aliphatic heterocycles. The molecule has 1 rings (SSSR count). The zero-order valence-corrected chi connectivity index (χ0v) is 11.4. The van der Waals surface area contributed by atoms with Crippen LogP contribution in [0.4, 0.5) is 4.79 Å². The molecule has 0 aromatic heterocycles. The first-order chi connectivity index (χ1) is 7.91. The maximum Gasteiger partial charge on any atom is 0.326 e. The SMILES string of the molecule is C=C(Br)CNC(=O)N1CCC(C)CC1C(=O)O. The van der Waals surface area contributed by atoms with Gasteiger partial charge in [-0.2, -0.15) is 0 Å². The smallest absolute Gasteiger partial charge is 0.326 e. The first-order valence-corrected chi connectivity index (χ1v) is 6.31. The highest BCUT2D eigenvalue weighted by Crippen LogP contribution is 2.22. The lowest BCUT2D eigenvalue weighted by molar-refractivity contribution is -0.143. The molecule has 0 aromatic carbocycles. The van der Waals surface area contributed by atoms with E-state index < -0.39 is 12.0 Å². The maximum absolute atomic E-state index is 11.8. The normalized spacial score (nSPS) is 24.2. The first-order valence-electron chi connectivity index (χ1n) is 5.52. The second-order valence-electron chi connectivity index (χ2n) is 4.35. The molecule has 1 fully saturated rings. The Morgan fingerprint density at radius 3 is 2.76 bits per heavy atom. The number of urea groups is 1. The summed E-state index contributed by atoms with van der Waals surface area (Å²) in [5, 5.41) is 11.7. The summed E-state index contributed by atoms with van der Waals surface area (Å²) in [6.45, 7) is 6.40. The van der Waals surface area contributed by atoms with Crippen LogP contribution >= 0.6 is 15.9 Å². The summed E-state index contributed by atoms with van der Waals surface area (Å²) in [7, 11) is 0. The number of aliphatic carboxylic acids is 1. The summed E-state index contributed by atoms with van der Waals surface area (Å²) >= 11 is 3.14. The van der Waals surface area contributed by atoms with Gasteiger partial charge < -0.3 is 15.3 Å². The highest BCUT2D eigenvalue weighted by atomic mass is 79.9. The molecule has 1 aliphatic rings. The Hall–Kier alpha value is -1.04. The number of carbonyl (C=O) groups is 2. The van der Waals surface area contributed by atoms with Gasteiger partial charge in [-0.15, -0.1) is 0 Å². The number of carbonyl (C=O) groups excluding carboxylic acids is 1. The lowest BCUT2D eigenvalue weighted by atomic mass is 9.93. The van der Waals surface area contributed by atoms with Crippen LogP contribution in [0.15, 0.2) is 11.1 Å². The Balaban J connectivity index is 2.63. The fourth-order valence-electron chi connectivity index (χ4n) is 1.89. The van der Waals surface area contributed by atoms with E-state index in [9.17, 15) is 9.59 Å². The number of piperidine rings is 1. The lowest BCUT2D eigenvalue weighted by Gasteiger charge is -2.35. The average molecular weight is 305 g/mol. The minimum absolute atomic E-state index is 0.303. The Kier molecular flexibility index (Phi) is 4.99. The minimum Gasteiger partial charge on any atom is -0.480 e. The molecule has 5 nitrogen and oxygen atoms in total. The van der Waals surface area contributed by atoms with Gasteiger partial charge in [0.1, 0.15) is 6.04 Å². The number of halogens is 1. The number of hydrogen-bond acceptors (Lipinski definition) is 2. The van der Waals surface area contributed by atoms with E-state index in [1.165, 1.54) is 4.90 Å². The van der Waals surface area contributed by atoms with Crippen molar-refractivity contribution < 1.29 is 14.7 Å². The summed E-state index contributed by atoms with van der Waals surface area (Å²) in [6.07, 6.45) is 1.35. The van der Waals surface area contributed by atoms with Crippen LogP contribution in [0.1, 0.15) is 19.8 Å². The molecule has 0 spiro atoms. The molecule has 17 heavy (non-hydrogen) atoms. The van der Waals surface area contributed by atoms with Crippen molar-refractivity contribution in [2.75, 3.05) is 13.1 Å². The van der Waals surface area contributed by atoms with Gasteiger partial charge in [0, 0.05) is 11.0 Å². The van der Waals surface area contributed by atoms with E-state index >= 15 is 0 Å². The van der Waals surface area contributed by atoms with Crippen LogP contribution in [-0.2, 0) is 4.79 Å². The van der Waals surface area contributed by atoms with E-state index in [2.05, 4.69) is 27.8 Å². The van der Waals surface area contributed by atoms with Gasteiger partial charge in [0.05, 0.1) is 6.54 Å². The molecule has 0 saturated carbocycles. The summed E-state index contributed by atoms with van der Waals surface area (Å²) < 4.78 is 0.656. The molecule has 1 saturated heterocycles. The van der Waals surface area contributed by atoms with Crippen LogP contribution in [0.5, 0.6) is 0 Å². The minimum atomic E-state index is -0.940. The zero-order chi connectivity index (χ0) is 13.0. The fraction of sp³-hybridized carbons (Fsp3) is 0.636. The maximum atomic E-state index is 11.8. The Labute approximate surface area is 109 Å². The molecular formula is C11H17BrN2O3. The molecule has 96 valence electrons. The average Bonchev–Trinajstić information content (AvgIpc) is 2.25. The van der Waals surface area contributed by atoms with E-state index in [0.29, 0.717) is 29.9 Å². The van der Waals surface area contributed by atoms with Crippen molar-refractivity contribution in [3.8, 4) is 0 Å². The van der Waals surface area contributed by atoms with E-state index in [1.807, 2.05) is 6.92 Å². The molecule has 2 atom stereocenters. The number of carboxylic acid groups (broad SMARTS) is 1. The second kappa shape index (κ2) is 6.05. The van der Waals surface area contributed by atoms with E-state index in [0.717, 1.165) is 6.42 Å². The molecule has 2 amide bonds.